The Balaban J connectivity index is 1.71. The number of carbonyl (C=O) groups excluding carboxylic acids is 1. The Morgan fingerprint density at radius 2 is 1.81 bits per heavy atom. The van der Waals surface area contributed by atoms with Gasteiger partial charge in [-0.2, -0.15) is 0 Å². The lowest BCUT2D eigenvalue weighted by atomic mass is 10.2. The normalized spacial score (nSPS) is 10.3. The molecule has 1 N–H and O–H groups in total. The zero-order chi connectivity index (χ0) is 18.7. The average molecular weight is 370 g/mol. The van der Waals surface area contributed by atoms with E-state index in [1.54, 1.807) is 30.5 Å². The smallest absolute Gasteiger partial charge is 0.273 e. The SMILES string of the molecule is C=C(C(=O)Nc1ccc([N+](=O)[O-])cc1)n1cc(-c2ccc(Cl)cc2)nn1. The lowest BCUT2D eigenvalue weighted by Gasteiger charge is -2.06. The van der Waals surface area contributed by atoms with Gasteiger partial charge in [0.25, 0.3) is 11.6 Å². The molecule has 3 rings (SSSR count). The summed E-state index contributed by atoms with van der Waals surface area (Å²) in [6.07, 6.45) is 1.57. The van der Waals surface area contributed by atoms with Crippen molar-refractivity contribution in [3.05, 3.63) is 76.4 Å². The van der Waals surface area contributed by atoms with Gasteiger partial charge in [-0.3, -0.25) is 14.9 Å². The number of benzene rings is 2. The molecule has 0 atom stereocenters. The summed E-state index contributed by atoms with van der Waals surface area (Å²) in [7, 11) is 0. The van der Waals surface area contributed by atoms with Crippen LogP contribution in [-0.4, -0.2) is 25.8 Å². The van der Waals surface area contributed by atoms with Gasteiger partial charge in [0, 0.05) is 28.4 Å². The molecule has 0 saturated carbocycles. The number of nitrogens with zero attached hydrogens (tertiary/aromatic N) is 4. The predicted octanol–water partition coefficient (Wildman–Crippen LogP) is 3.62. The Morgan fingerprint density at radius 3 is 2.42 bits per heavy atom. The fourth-order valence-corrected chi connectivity index (χ4v) is 2.25. The lowest BCUT2D eigenvalue weighted by molar-refractivity contribution is -0.384. The number of aromatic nitrogens is 3. The van der Waals surface area contributed by atoms with Crippen LogP contribution in [0.1, 0.15) is 0 Å². The number of hydrogen-bond donors (Lipinski definition) is 1. The molecule has 0 unspecified atom stereocenters. The molecule has 0 fully saturated rings. The van der Waals surface area contributed by atoms with Crippen LogP contribution in [0.15, 0.2) is 61.3 Å². The lowest BCUT2D eigenvalue weighted by Crippen LogP contribution is -2.17. The van der Waals surface area contributed by atoms with Crippen molar-refractivity contribution in [3.63, 3.8) is 0 Å². The molecule has 130 valence electrons. The summed E-state index contributed by atoms with van der Waals surface area (Å²) in [5.74, 6) is -0.508. The first-order valence-corrected chi connectivity index (χ1v) is 7.75. The van der Waals surface area contributed by atoms with Crippen molar-refractivity contribution in [2.24, 2.45) is 0 Å². The van der Waals surface area contributed by atoms with E-state index in [9.17, 15) is 14.9 Å². The number of hydrogen-bond acceptors (Lipinski definition) is 5. The molecule has 0 spiro atoms. The van der Waals surface area contributed by atoms with Crippen LogP contribution in [-0.2, 0) is 4.79 Å². The predicted molar refractivity (Wildman–Crippen MR) is 97.5 cm³/mol. The van der Waals surface area contributed by atoms with Gasteiger partial charge in [0.05, 0.1) is 11.1 Å². The summed E-state index contributed by atoms with van der Waals surface area (Å²) >= 11 is 5.85. The second kappa shape index (κ2) is 7.16. The van der Waals surface area contributed by atoms with Gasteiger partial charge in [-0.25, -0.2) is 4.68 Å². The number of amides is 1. The van der Waals surface area contributed by atoms with Gasteiger partial charge in [0.1, 0.15) is 11.4 Å². The molecular formula is C17H12ClN5O3. The Morgan fingerprint density at radius 1 is 1.15 bits per heavy atom. The van der Waals surface area contributed by atoms with Gasteiger partial charge in [0.2, 0.25) is 0 Å². The highest BCUT2D eigenvalue weighted by atomic mass is 35.5. The number of nitro groups is 1. The van der Waals surface area contributed by atoms with Crippen molar-refractivity contribution < 1.29 is 9.72 Å². The van der Waals surface area contributed by atoms with Crippen LogP contribution in [0.4, 0.5) is 11.4 Å². The molecule has 0 radical (unpaired) electrons. The highest BCUT2D eigenvalue weighted by molar-refractivity contribution is 6.30. The van der Waals surface area contributed by atoms with Crippen LogP contribution in [0.3, 0.4) is 0 Å². The third kappa shape index (κ3) is 3.76. The van der Waals surface area contributed by atoms with E-state index in [1.807, 2.05) is 0 Å². The number of nitrogens with one attached hydrogen (secondary N) is 1. The zero-order valence-electron chi connectivity index (χ0n) is 13.3. The highest BCUT2D eigenvalue weighted by Crippen LogP contribution is 2.20. The van der Waals surface area contributed by atoms with Crippen LogP contribution >= 0.6 is 11.6 Å². The standard InChI is InChI=1S/C17H12ClN5O3/c1-11(17(24)19-14-6-8-15(9-7-14)23(25)26)22-10-16(20-21-22)12-2-4-13(18)5-3-12/h2-10H,1H2,(H,19,24). The maximum atomic E-state index is 12.3. The fourth-order valence-electron chi connectivity index (χ4n) is 2.12. The molecule has 0 aliphatic carbocycles. The second-order valence-corrected chi connectivity index (χ2v) is 5.70. The summed E-state index contributed by atoms with van der Waals surface area (Å²) < 4.78 is 1.25. The molecular weight excluding hydrogens is 358 g/mol. The molecule has 0 aliphatic heterocycles. The van der Waals surface area contributed by atoms with Crippen LogP contribution < -0.4 is 5.32 Å². The summed E-state index contributed by atoms with van der Waals surface area (Å²) in [4.78, 5) is 22.4. The van der Waals surface area contributed by atoms with Crippen molar-refractivity contribution in [1.29, 1.82) is 0 Å². The van der Waals surface area contributed by atoms with Crippen molar-refractivity contribution in [1.82, 2.24) is 15.0 Å². The highest BCUT2D eigenvalue weighted by Gasteiger charge is 2.13. The van der Waals surface area contributed by atoms with Gasteiger partial charge < -0.3 is 5.32 Å². The first-order chi connectivity index (χ1) is 12.4. The molecule has 0 saturated heterocycles. The zero-order valence-corrected chi connectivity index (χ0v) is 14.1. The Hall–Kier alpha value is -3.52. The first kappa shape index (κ1) is 17.3. The van der Waals surface area contributed by atoms with E-state index in [1.165, 1.54) is 28.9 Å². The van der Waals surface area contributed by atoms with E-state index in [4.69, 9.17) is 11.6 Å². The van der Waals surface area contributed by atoms with Crippen LogP contribution in [0.25, 0.3) is 17.0 Å². The molecule has 1 heterocycles. The Bertz CT molecular complexity index is 980. The van der Waals surface area contributed by atoms with Crippen LogP contribution in [0.2, 0.25) is 5.02 Å². The summed E-state index contributed by atoms with van der Waals surface area (Å²) in [6.45, 7) is 3.71. The van der Waals surface area contributed by atoms with E-state index < -0.39 is 10.8 Å². The molecule has 0 bridgehead atoms. The molecule has 9 heteroatoms. The number of anilines is 1. The van der Waals surface area contributed by atoms with Crippen molar-refractivity contribution >= 4 is 34.6 Å². The number of carbonyl (C=O) groups is 1. The largest absolute Gasteiger partial charge is 0.321 e. The maximum absolute atomic E-state index is 12.3. The topological polar surface area (TPSA) is 103 Å². The number of non-ortho nitro benzene ring substituents is 1. The summed E-state index contributed by atoms with van der Waals surface area (Å²) in [5, 5.41) is 21.8. The Kier molecular flexibility index (Phi) is 4.76. The third-order valence-electron chi connectivity index (χ3n) is 3.51. The molecule has 1 amide bonds. The molecule has 3 aromatic rings. The summed E-state index contributed by atoms with van der Waals surface area (Å²) in [5.41, 5.74) is 1.75. The summed E-state index contributed by atoms with van der Waals surface area (Å²) in [6, 6.07) is 12.5. The van der Waals surface area contributed by atoms with Gasteiger partial charge in [-0.15, -0.1) is 5.10 Å². The van der Waals surface area contributed by atoms with Crippen molar-refractivity contribution in [2.75, 3.05) is 5.32 Å². The van der Waals surface area contributed by atoms with Gasteiger partial charge in [-0.1, -0.05) is 35.5 Å². The van der Waals surface area contributed by atoms with Crippen molar-refractivity contribution in [3.8, 4) is 11.3 Å². The first-order valence-electron chi connectivity index (χ1n) is 7.37. The quantitative estimate of drug-likeness (QED) is 0.420. The molecule has 2 aromatic carbocycles. The number of halogens is 1. The van der Waals surface area contributed by atoms with E-state index in [2.05, 4.69) is 22.2 Å². The Labute approximate surface area is 152 Å². The van der Waals surface area contributed by atoms with E-state index >= 15 is 0 Å². The maximum Gasteiger partial charge on any atom is 0.273 e. The van der Waals surface area contributed by atoms with E-state index in [-0.39, 0.29) is 11.4 Å². The molecule has 8 nitrogen and oxygen atoms in total. The molecule has 0 aliphatic rings. The minimum Gasteiger partial charge on any atom is -0.321 e. The number of nitro benzene ring substituents is 1. The van der Waals surface area contributed by atoms with E-state index in [0.29, 0.717) is 16.4 Å². The van der Waals surface area contributed by atoms with Gasteiger partial charge >= 0.3 is 0 Å². The van der Waals surface area contributed by atoms with Crippen LogP contribution in [0, 0.1) is 10.1 Å². The second-order valence-electron chi connectivity index (χ2n) is 5.26. The molecule has 26 heavy (non-hydrogen) atoms. The average Bonchev–Trinajstić information content (AvgIpc) is 3.12. The third-order valence-corrected chi connectivity index (χ3v) is 3.76. The fraction of sp³-hybridized carbons (Fsp3) is 0. The monoisotopic (exact) mass is 369 g/mol. The minimum atomic E-state index is -0.516. The van der Waals surface area contributed by atoms with Crippen LogP contribution in [0.5, 0.6) is 0 Å². The van der Waals surface area contributed by atoms with E-state index in [0.717, 1.165) is 5.56 Å². The van der Waals surface area contributed by atoms with Gasteiger partial charge in [0.15, 0.2) is 0 Å². The van der Waals surface area contributed by atoms with Crippen molar-refractivity contribution in [2.45, 2.75) is 0 Å². The molecule has 1 aromatic heterocycles. The number of rotatable bonds is 5. The van der Waals surface area contributed by atoms with Gasteiger partial charge in [-0.05, 0) is 24.3 Å². The minimum absolute atomic E-state index is 0.0519.